The summed E-state index contributed by atoms with van der Waals surface area (Å²) in [5, 5.41) is 9.71. The van der Waals surface area contributed by atoms with Crippen LogP contribution in [0.4, 0.5) is 0 Å². The zero-order chi connectivity index (χ0) is 14.9. The maximum atomic E-state index is 12.0. The normalized spacial score (nSPS) is 10.3. The largest absolute Gasteiger partial charge is 0.508 e. The van der Waals surface area contributed by atoms with Crippen molar-refractivity contribution >= 4 is 17.6 Å². The molecule has 1 heterocycles. The molecule has 0 aliphatic heterocycles. The molecule has 2 aromatic rings. The summed E-state index contributed by atoms with van der Waals surface area (Å²) in [4.78, 5) is 23.5. The van der Waals surface area contributed by atoms with E-state index in [0.29, 0.717) is 16.4 Å². The van der Waals surface area contributed by atoms with Gasteiger partial charge >= 0.3 is 5.97 Å². The first-order chi connectivity index (χ1) is 9.43. The second-order valence-corrected chi connectivity index (χ2v) is 4.59. The van der Waals surface area contributed by atoms with Gasteiger partial charge in [0.15, 0.2) is 0 Å². The number of hydrogen-bond donors (Lipinski definition) is 1. The highest BCUT2D eigenvalue weighted by Gasteiger charge is 2.13. The number of nitrogens with zero attached hydrogens (tertiary/aromatic N) is 1. The molecule has 0 fully saturated rings. The first-order valence-corrected chi connectivity index (χ1v) is 6.12. The summed E-state index contributed by atoms with van der Waals surface area (Å²) in [6, 6.07) is 7.01. The standard InChI is InChI=1S/C14H12ClNO4/c1-8-5-10(17)7-13(18)16(8)12-6-9(14(19)20-2)3-4-11(12)15/h3-7,17H,1-2H3. The van der Waals surface area contributed by atoms with Crippen LogP contribution in [-0.4, -0.2) is 22.8 Å². The SMILES string of the molecule is COC(=O)c1ccc(Cl)c(-n2c(C)cc(O)cc2=O)c1. The van der Waals surface area contributed by atoms with Crippen molar-refractivity contribution in [2.45, 2.75) is 6.92 Å². The molecule has 0 amide bonds. The maximum Gasteiger partial charge on any atom is 0.337 e. The summed E-state index contributed by atoms with van der Waals surface area (Å²) < 4.78 is 5.95. The van der Waals surface area contributed by atoms with Gasteiger partial charge in [0.25, 0.3) is 5.56 Å². The molecule has 1 N–H and O–H groups in total. The summed E-state index contributed by atoms with van der Waals surface area (Å²) in [7, 11) is 1.27. The van der Waals surface area contributed by atoms with Crippen molar-refractivity contribution in [3.63, 3.8) is 0 Å². The van der Waals surface area contributed by atoms with E-state index in [0.717, 1.165) is 6.07 Å². The zero-order valence-electron chi connectivity index (χ0n) is 10.9. The Labute approximate surface area is 120 Å². The van der Waals surface area contributed by atoms with Crippen molar-refractivity contribution in [1.82, 2.24) is 4.57 Å². The minimum absolute atomic E-state index is 0.121. The number of benzene rings is 1. The molecule has 1 aromatic carbocycles. The second-order valence-electron chi connectivity index (χ2n) is 4.19. The van der Waals surface area contributed by atoms with Crippen LogP contribution < -0.4 is 5.56 Å². The molecule has 2 rings (SSSR count). The van der Waals surface area contributed by atoms with Gasteiger partial charge in [-0.15, -0.1) is 0 Å². The van der Waals surface area contributed by atoms with Crippen LogP contribution in [0.15, 0.2) is 35.1 Å². The van der Waals surface area contributed by atoms with Gasteiger partial charge in [-0.3, -0.25) is 9.36 Å². The van der Waals surface area contributed by atoms with E-state index in [2.05, 4.69) is 4.74 Å². The highest BCUT2D eigenvalue weighted by atomic mass is 35.5. The fourth-order valence-corrected chi connectivity index (χ4v) is 2.12. The number of carbonyl (C=O) groups excluding carboxylic acids is 1. The smallest absolute Gasteiger partial charge is 0.337 e. The van der Waals surface area contributed by atoms with E-state index in [1.165, 1.54) is 35.9 Å². The maximum absolute atomic E-state index is 12.0. The van der Waals surface area contributed by atoms with Crippen molar-refractivity contribution in [2.24, 2.45) is 0 Å². The Hall–Kier alpha value is -2.27. The highest BCUT2D eigenvalue weighted by molar-refractivity contribution is 6.32. The number of hydrogen-bond acceptors (Lipinski definition) is 4. The van der Waals surface area contributed by atoms with Crippen molar-refractivity contribution in [2.75, 3.05) is 7.11 Å². The van der Waals surface area contributed by atoms with Gasteiger partial charge in [0.1, 0.15) is 5.75 Å². The topological polar surface area (TPSA) is 68.5 Å². The summed E-state index contributed by atoms with van der Waals surface area (Å²) in [5.74, 6) is -0.642. The molecule has 0 radical (unpaired) electrons. The van der Waals surface area contributed by atoms with E-state index < -0.39 is 11.5 Å². The van der Waals surface area contributed by atoms with Gasteiger partial charge in [-0.2, -0.15) is 0 Å². The van der Waals surface area contributed by atoms with Crippen molar-refractivity contribution in [3.8, 4) is 11.4 Å². The molecule has 0 spiro atoms. The van der Waals surface area contributed by atoms with Crippen LogP contribution in [0, 0.1) is 6.92 Å². The van der Waals surface area contributed by atoms with E-state index in [1.54, 1.807) is 6.92 Å². The summed E-state index contributed by atoms with van der Waals surface area (Å²) >= 11 is 6.09. The Morgan fingerprint density at radius 1 is 1.30 bits per heavy atom. The Bertz CT molecular complexity index is 736. The molecule has 1 aromatic heterocycles. The van der Waals surface area contributed by atoms with Gasteiger partial charge < -0.3 is 9.84 Å². The number of methoxy groups -OCH3 is 1. The molecule has 20 heavy (non-hydrogen) atoms. The molecular weight excluding hydrogens is 282 g/mol. The average Bonchev–Trinajstić information content (AvgIpc) is 2.38. The Morgan fingerprint density at radius 2 is 2.00 bits per heavy atom. The van der Waals surface area contributed by atoms with Crippen LogP contribution in [0.5, 0.6) is 5.75 Å². The zero-order valence-corrected chi connectivity index (χ0v) is 11.6. The highest BCUT2D eigenvalue weighted by Crippen LogP contribution is 2.23. The summed E-state index contributed by atoms with van der Waals surface area (Å²) in [5.41, 5.74) is 0.702. The van der Waals surface area contributed by atoms with Crippen LogP contribution in [0.25, 0.3) is 5.69 Å². The number of esters is 1. The first-order valence-electron chi connectivity index (χ1n) is 5.75. The lowest BCUT2D eigenvalue weighted by molar-refractivity contribution is 0.0600. The molecule has 0 aliphatic rings. The van der Waals surface area contributed by atoms with Crippen LogP contribution in [0.1, 0.15) is 16.1 Å². The van der Waals surface area contributed by atoms with E-state index in [9.17, 15) is 14.7 Å². The minimum Gasteiger partial charge on any atom is -0.508 e. The second kappa shape index (κ2) is 5.38. The molecule has 0 atom stereocenters. The van der Waals surface area contributed by atoms with Gasteiger partial charge in [-0.25, -0.2) is 4.79 Å². The predicted molar refractivity (Wildman–Crippen MR) is 74.8 cm³/mol. The van der Waals surface area contributed by atoms with Crippen LogP contribution >= 0.6 is 11.6 Å². The van der Waals surface area contributed by atoms with E-state index in [-0.39, 0.29) is 11.3 Å². The third kappa shape index (κ3) is 2.53. The number of carbonyl (C=O) groups is 1. The lowest BCUT2D eigenvalue weighted by Gasteiger charge is -2.12. The Morgan fingerprint density at radius 3 is 2.60 bits per heavy atom. The molecule has 6 heteroatoms. The first kappa shape index (κ1) is 14.1. The van der Waals surface area contributed by atoms with Gasteiger partial charge in [0.2, 0.25) is 0 Å². The van der Waals surface area contributed by atoms with Crippen molar-refractivity contribution in [1.29, 1.82) is 0 Å². The molecule has 0 aliphatic carbocycles. The lowest BCUT2D eigenvalue weighted by Crippen LogP contribution is -2.20. The number of rotatable bonds is 2. The predicted octanol–water partition coefficient (Wildman–Crippen LogP) is 2.29. The molecule has 104 valence electrons. The summed E-state index contributed by atoms with van der Waals surface area (Å²) in [6.07, 6.45) is 0. The van der Waals surface area contributed by atoms with E-state index >= 15 is 0 Å². The number of halogens is 1. The van der Waals surface area contributed by atoms with E-state index in [1.807, 2.05) is 0 Å². The number of aromatic nitrogens is 1. The van der Waals surface area contributed by atoms with E-state index in [4.69, 9.17) is 11.6 Å². The Balaban J connectivity index is 2.70. The molecule has 0 saturated carbocycles. The number of pyridine rings is 1. The summed E-state index contributed by atoms with van der Waals surface area (Å²) in [6.45, 7) is 1.66. The average molecular weight is 294 g/mol. The van der Waals surface area contributed by atoms with Gasteiger partial charge in [-0.05, 0) is 31.2 Å². The minimum atomic E-state index is -0.521. The third-order valence-corrected chi connectivity index (χ3v) is 3.13. The monoisotopic (exact) mass is 293 g/mol. The van der Waals surface area contributed by atoms with Gasteiger partial charge in [-0.1, -0.05) is 11.6 Å². The fraction of sp³-hybridized carbons (Fsp3) is 0.143. The van der Waals surface area contributed by atoms with Gasteiger partial charge in [0, 0.05) is 11.8 Å². The van der Waals surface area contributed by atoms with Gasteiger partial charge in [0.05, 0.1) is 23.4 Å². The van der Waals surface area contributed by atoms with Crippen molar-refractivity contribution < 1.29 is 14.6 Å². The molecule has 5 nitrogen and oxygen atoms in total. The molecule has 0 bridgehead atoms. The molecule has 0 saturated heterocycles. The third-order valence-electron chi connectivity index (χ3n) is 2.81. The number of aromatic hydroxyl groups is 1. The molecular formula is C14H12ClNO4. The number of ether oxygens (including phenoxy) is 1. The Kier molecular flexibility index (Phi) is 3.81. The lowest BCUT2D eigenvalue weighted by atomic mass is 10.2. The van der Waals surface area contributed by atoms with Crippen LogP contribution in [0.3, 0.4) is 0 Å². The van der Waals surface area contributed by atoms with Crippen LogP contribution in [-0.2, 0) is 4.74 Å². The molecule has 0 unspecified atom stereocenters. The fourth-order valence-electron chi connectivity index (χ4n) is 1.92. The van der Waals surface area contributed by atoms with Crippen molar-refractivity contribution in [3.05, 3.63) is 57.0 Å². The van der Waals surface area contributed by atoms with Crippen LogP contribution in [0.2, 0.25) is 5.02 Å². The number of aryl methyl sites for hydroxylation is 1. The quantitative estimate of drug-likeness (QED) is 0.863.